The molecule has 3 amide bonds. The van der Waals surface area contributed by atoms with Gasteiger partial charge in [-0.3, -0.25) is 14.6 Å². The fourth-order valence-electron chi connectivity index (χ4n) is 4.43. The molecule has 3 rings (SSSR count). The zero-order valence-electron chi connectivity index (χ0n) is 20.8. The fraction of sp³-hybridized carbons (Fsp3) is 0.560. The molecule has 0 radical (unpaired) electrons. The van der Waals surface area contributed by atoms with Gasteiger partial charge in [-0.05, 0) is 31.5 Å². The monoisotopic (exact) mass is 472 g/mol. The quantitative estimate of drug-likeness (QED) is 0.585. The van der Waals surface area contributed by atoms with Crippen molar-refractivity contribution in [3.63, 3.8) is 0 Å². The van der Waals surface area contributed by atoms with Crippen molar-refractivity contribution in [1.29, 1.82) is 0 Å². The van der Waals surface area contributed by atoms with E-state index in [1.165, 1.54) is 0 Å². The maximum Gasteiger partial charge on any atom is 0.338 e. The van der Waals surface area contributed by atoms with Crippen LogP contribution in [-0.2, 0) is 14.3 Å². The first-order chi connectivity index (χ1) is 16.3. The van der Waals surface area contributed by atoms with Crippen molar-refractivity contribution < 1.29 is 23.9 Å². The molecule has 0 aliphatic carbocycles. The number of hydrogen-bond donors (Lipinski definition) is 1. The van der Waals surface area contributed by atoms with Crippen LogP contribution in [0.3, 0.4) is 0 Å². The minimum Gasteiger partial charge on any atom is -0.497 e. The van der Waals surface area contributed by atoms with Gasteiger partial charge in [-0.2, -0.15) is 0 Å². The number of urea groups is 1. The number of nitrogens with zero attached hydrogens (tertiary/aromatic N) is 3. The third-order valence-corrected chi connectivity index (χ3v) is 6.23. The standard InChI is InChI=1S/C25H36N4O5/c1-6-29-20(16-27-11-13-28(14-12-27)23(30)17(3)4)21(24(31)34-7-2)22(26-25(29)32)18-9-8-10-19(15-18)33-5/h8-10,15,17,22H,6-7,11-14,16H2,1-5H3,(H,26,32)/t22-/m1/s1. The van der Waals surface area contributed by atoms with Crippen molar-refractivity contribution in [1.82, 2.24) is 20.0 Å². The van der Waals surface area contributed by atoms with Gasteiger partial charge in [0.1, 0.15) is 5.75 Å². The molecule has 0 unspecified atom stereocenters. The summed E-state index contributed by atoms with van der Waals surface area (Å²) in [4.78, 5) is 44.3. The first kappa shape index (κ1) is 25.6. The van der Waals surface area contributed by atoms with Crippen LogP contribution in [0.5, 0.6) is 5.75 Å². The van der Waals surface area contributed by atoms with Crippen LogP contribution in [-0.4, -0.2) is 85.6 Å². The van der Waals surface area contributed by atoms with Gasteiger partial charge in [0.05, 0.1) is 25.3 Å². The molecule has 1 atom stereocenters. The number of carbonyl (C=O) groups excluding carboxylic acids is 3. The van der Waals surface area contributed by atoms with E-state index >= 15 is 0 Å². The molecule has 0 spiro atoms. The highest BCUT2D eigenvalue weighted by Crippen LogP contribution is 2.33. The Morgan fingerprint density at radius 2 is 1.85 bits per heavy atom. The van der Waals surface area contributed by atoms with Gasteiger partial charge in [0.2, 0.25) is 5.91 Å². The van der Waals surface area contributed by atoms with E-state index in [4.69, 9.17) is 9.47 Å². The molecule has 34 heavy (non-hydrogen) atoms. The van der Waals surface area contributed by atoms with Crippen molar-refractivity contribution >= 4 is 17.9 Å². The second-order valence-electron chi connectivity index (χ2n) is 8.74. The number of hydrogen-bond acceptors (Lipinski definition) is 6. The van der Waals surface area contributed by atoms with Crippen LogP contribution in [0, 0.1) is 5.92 Å². The number of nitrogens with one attached hydrogen (secondary N) is 1. The van der Waals surface area contributed by atoms with E-state index < -0.39 is 12.0 Å². The average molecular weight is 473 g/mol. The van der Waals surface area contributed by atoms with E-state index in [2.05, 4.69) is 10.2 Å². The summed E-state index contributed by atoms with van der Waals surface area (Å²) < 4.78 is 10.8. The normalized spacial score (nSPS) is 19.4. The summed E-state index contributed by atoms with van der Waals surface area (Å²) in [7, 11) is 1.58. The summed E-state index contributed by atoms with van der Waals surface area (Å²) in [6, 6.07) is 6.43. The second-order valence-corrected chi connectivity index (χ2v) is 8.74. The third kappa shape index (κ3) is 5.52. The molecule has 9 nitrogen and oxygen atoms in total. The molecule has 1 aromatic rings. The number of piperazine rings is 1. The number of methoxy groups -OCH3 is 1. The average Bonchev–Trinajstić information content (AvgIpc) is 2.84. The topological polar surface area (TPSA) is 91.4 Å². The molecule has 1 aromatic carbocycles. The Labute approximate surface area is 201 Å². The number of benzene rings is 1. The largest absolute Gasteiger partial charge is 0.497 e. The number of amides is 3. The lowest BCUT2D eigenvalue weighted by Gasteiger charge is -2.40. The molecular formula is C25H36N4O5. The van der Waals surface area contributed by atoms with Crippen LogP contribution in [0.25, 0.3) is 0 Å². The molecule has 0 bridgehead atoms. The van der Waals surface area contributed by atoms with E-state index in [0.717, 1.165) is 5.56 Å². The Hall–Kier alpha value is -3.07. The molecule has 0 aromatic heterocycles. The van der Waals surface area contributed by atoms with E-state index in [9.17, 15) is 14.4 Å². The van der Waals surface area contributed by atoms with Crippen LogP contribution in [0.2, 0.25) is 0 Å². The van der Waals surface area contributed by atoms with Crippen molar-refractivity contribution in [3.8, 4) is 5.75 Å². The number of ether oxygens (including phenoxy) is 2. The van der Waals surface area contributed by atoms with Crippen LogP contribution in [0.15, 0.2) is 35.5 Å². The van der Waals surface area contributed by atoms with Crippen LogP contribution in [0.1, 0.15) is 39.3 Å². The molecular weight excluding hydrogens is 436 g/mol. The molecule has 2 aliphatic rings. The van der Waals surface area contributed by atoms with Gasteiger partial charge in [-0.15, -0.1) is 0 Å². The van der Waals surface area contributed by atoms with Gasteiger partial charge in [0, 0.05) is 50.9 Å². The third-order valence-electron chi connectivity index (χ3n) is 6.23. The smallest absolute Gasteiger partial charge is 0.338 e. The Bertz CT molecular complexity index is 937. The van der Waals surface area contributed by atoms with Gasteiger partial charge in [-0.1, -0.05) is 26.0 Å². The molecule has 2 aliphatic heterocycles. The minimum absolute atomic E-state index is 0.0362. The Kier molecular flexibility index (Phi) is 8.55. The first-order valence-corrected chi connectivity index (χ1v) is 11.9. The second kappa shape index (κ2) is 11.4. The van der Waals surface area contributed by atoms with Crippen molar-refractivity contribution in [3.05, 3.63) is 41.1 Å². The lowest BCUT2D eigenvalue weighted by atomic mass is 9.94. The van der Waals surface area contributed by atoms with Gasteiger partial charge in [-0.25, -0.2) is 9.59 Å². The highest BCUT2D eigenvalue weighted by atomic mass is 16.5. The lowest BCUT2D eigenvalue weighted by Crippen LogP contribution is -2.54. The van der Waals surface area contributed by atoms with Gasteiger partial charge >= 0.3 is 12.0 Å². The lowest BCUT2D eigenvalue weighted by molar-refractivity contribution is -0.139. The minimum atomic E-state index is -0.650. The Morgan fingerprint density at radius 1 is 1.15 bits per heavy atom. The number of carbonyl (C=O) groups is 3. The predicted molar refractivity (Wildman–Crippen MR) is 128 cm³/mol. The summed E-state index contributed by atoms with van der Waals surface area (Å²) in [5, 5.41) is 2.98. The highest BCUT2D eigenvalue weighted by Gasteiger charge is 2.38. The molecule has 1 fully saturated rings. The summed E-state index contributed by atoms with van der Waals surface area (Å²) >= 11 is 0. The van der Waals surface area contributed by atoms with Gasteiger partial charge in [0.25, 0.3) is 0 Å². The van der Waals surface area contributed by atoms with Gasteiger partial charge < -0.3 is 19.7 Å². The summed E-state index contributed by atoms with van der Waals surface area (Å²) in [5.74, 6) is 0.306. The zero-order valence-corrected chi connectivity index (χ0v) is 20.8. The molecule has 1 saturated heterocycles. The maximum atomic E-state index is 13.2. The highest BCUT2D eigenvalue weighted by molar-refractivity contribution is 5.95. The molecule has 0 saturated carbocycles. The molecule has 2 heterocycles. The van der Waals surface area contributed by atoms with E-state index in [1.54, 1.807) is 18.9 Å². The van der Waals surface area contributed by atoms with Crippen molar-refractivity contribution in [2.75, 3.05) is 53.0 Å². The van der Waals surface area contributed by atoms with Crippen molar-refractivity contribution in [2.45, 2.75) is 33.7 Å². The Balaban J connectivity index is 1.96. The summed E-state index contributed by atoms with van der Waals surface area (Å²) in [6.07, 6.45) is 0. The fourth-order valence-corrected chi connectivity index (χ4v) is 4.43. The van der Waals surface area contributed by atoms with Crippen LogP contribution < -0.4 is 10.1 Å². The van der Waals surface area contributed by atoms with E-state index in [-0.39, 0.29) is 24.5 Å². The number of esters is 1. The maximum absolute atomic E-state index is 13.2. The Morgan fingerprint density at radius 3 is 2.44 bits per heavy atom. The molecule has 1 N–H and O–H groups in total. The van der Waals surface area contributed by atoms with E-state index in [1.807, 2.05) is 49.9 Å². The zero-order chi connectivity index (χ0) is 24.8. The van der Waals surface area contributed by atoms with Crippen LogP contribution >= 0.6 is 0 Å². The van der Waals surface area contributed by atoms with E-state index in [0.29, 0.717) is 56.3 Å². The number of likely N-dealkylation sites (N-methyl/N-ethyl adjacent to an activating group) is 1. The number of rotatable bonds is 8. The van der Waals surface area contributed by atoms with Crippen molar-refractivity contribution in [2.24, 2.45) is 5.92 Å². The predicted octanol–water partition coefficient (Wildman–Crippen LogP) is 2.40. The summed E-state index contributed by atoms with van der Waals surface area (Å²) in [5.41, 5.74) is 1.81. The first-order valence-electron chi connectivity index (χ1n) is 11.9. The SMILES string of the molecule is CCOC(=O)C1=C(CN2CCN(C(=O)C(C)C)CC2)N(CC)C(=O)N[C@@H]1c1cccc(OC)c1. The molecule has 186 valence electrons. The van der Waals surface area contributed by atoms with Crippen LogP contribution in [0.4, 0.5) is 4.79 Å². The molecule has 9 heteroatoms. The van der Waals surface area contributed by atoms with Gasteiger partial charge in [0.15, 0.2) is 0 Å². The summed E-state index contributed by atoms with van der Waals surface area (Å²) in [6.45, 7) is 11.1.